The lowest BCUT2D eigenvalue weighted by Gasteiger charge is -2.07. The highest BCUT2D eigenvalue weighted by Gasteiger charge is 2.15. The van der Waals surface area contributed by atoms with Crippen molar-refractivity contribution in [2.75, 3.05) is 11.3 Å². The SMILES string of the molecule is Cc1ccc(NS(=O)(=O)c2cncc(C#CCO)c2)cn1. The van der Waals surface area contributed by atoms with Crippen molar-refractivity contribution in [3.63, 3.8) is 0 Å². The standard InChI is InChI=1S/C14H13N3O3S/c1-11-4-5-13(9-16-11)17-21(19,20)14-7-12(3-2-6-18)8-15-10-14/h4-5,7-10,17-18H,6H2,1H3. The lowest BCUT2D eigenvalue weighted by Crippen LogP contribution is -2.13. The van der Waals surface area contributed by atoms with Crippen molar-refractivity contribution in [1.82, 2.24) is 9.97 Å². The summed E-state index contributed by atoms with van der Waals surface area (Å²) in [5.74, 6) is 5.05. The van der Waals surface area contributed by atoms with Crippen molar-refractivity contribution >= 4 is 15.7 Å². The summed E-state index contributed by atoms with van der Waals surface area (Å²) in [5.41, 5.74) is 1.57. The van der Waals surface area contributed by atoms with Gasteiger partial charge in [-0.3, -0.25) is 14.7 Å². The maximum Gasteiger partial charge on any atom is 0.263 e. The minimum atomic E-state index is -3.76. The van der Waals surface area contributed by atoms with Crippen LogP contribution in [0.4, 0.5) is 5.69 Å². The first-order valence-corrected chi connectivity index (χ1v) is 7.50. The quantitative estimate of drug-likeness (QED) is 0.823. The molecule has 108 valence electrons. The van der Waals surface area contributed by atoms with E-state index < -0.39 is 10.0 Å². The number of nitrogens with one attached hydrogen (secondary N) is 1. The van der Waals surface area contributed by atoms with E-state index in [9.17, 15) is 8.42 Å². The van der Waals surface area contributed by atoms with Crippen LogP contribution in [0.1, 0.15) is 11.3 Å². The van der Waals surface area contributed by atoms with Gasteiger partial charge in [0.25, 0.3) is 10.0 Å². The first kappa shape index (κ1) is 15.0. The van der Waals surface area contributed by atoms with Gasteiger partial charge in [0.1, 0.15) is 11.5 Å². The van der Waals surface area contributed by atoms with Crippen LogP contribution in [0, 0.1) is 18.8 Å². The van der Waals surface area contributed by atoms with Crippen LogP contribution in [0.25, 0.3) is 0 Å². The number of anilines is 1. The Balaban J connectivity index is 2.29. The van der Waals surface area contributed by atoms with E-state index in [0.717, 1.165) is 5.69 Å². The molecular formula is C14H13N3O3S. The van der Waals surface area contributed by atoms with Crippen LogP contribution < -0.4 is 4.72 Å². The number of rotatable bonds is 3. The Morgan fingerprint density at radius 1 is 1.29 bits per heavy atom. The maximum absolute atomic E-state index is 12.2. The zero-order valence-corrected chi connectivity index (χ0v) is 12.1. The van der Waals surface area contributed by atoms with Gasteiger partial charge in [0.2, 0.25) is 0 Å². The smallest absolute Gasteiger partial charge is 0.263 e. The zero-order chi connectivity index (χ0) is 15.3. The summed E-state index contributed by atoms with van der Waals surface area (Å²) in [4.78, 5) is 7.86. The van der Waals surface area contributed by atoms with E-state index >= 15 is 0 Å². The van der Waals surface area contributed by atoms with E-state index in [4.69, 9.17) is 5.11 Å². The first-order valence-electron chi connectivity index (χ1n) is 6.01. The van der Waals surface area contributed by atoms with Crippen LogP contribution in [-0.4, -0.2) is 30.1 Å². The number of aromatic nitrogens is 2. The number of aliphatic hydroxyl groups excluding tert-OH is 1. The van der Waals surface area contributed by atoms with Gasteiger partial charge >= 0.3 is 0 Å². The predicted octanol–water partition coefficient (Wildman–Crippen LogP) is 0.930. The first-order chi connectivity index (χ1) is 10.0. The molecule has 2 rings (SSSR count). The van der Waals surface area contributed by atoms with E-state index in [-0.39, 0.29) is 11.5 Å². The Bertz CT molecular complexity index is 790. The van der Waals surface area contributed by atoms with Crippen LogP contribution in [-0.2, 0) is 10.0 Å². The minimum Gasteiger partial charge on any atom is -0.384 e. The normalized spacial score (nSPS) is 10.6. The van der Waals surface area contributed by atoms with E-state index in [1.54, 1.807) is 12.1 Å². The Kier molecular flexibility index (Phi) is 4.52. The van der Waals surface area contributed by atoms with Gasteiger partial charge in [0, 0.05) is 23.7 Å². The summed E-state index contributed by atoms with van der Waals surface area (Å²) in [6.07, 6.45) is 4.10. The third-order valence-electron chi connectivity index (χ3n) is 2.50. The van der Waals surface area contributed by atoms with Gasteiger partial charge in [-0.2, -0.15) is 0 Å². The van der Waals surface area contributed by atoms with Crippen molar-refractivity contribution in [3.05, 3.63) is 48.0 Å². The third-order valence-corrected chi connectivity index (χ3v) is 3.85. The number of aliphatic hydroxyl groups is 1. The van der Waals surface area contributed by atoms with E-state index in [0.29, 0.717) is 11.3 Å². The summed E-state index contributed by atoms with van der Waals surface area (Å²) >= 11 is 0. The highest BCUT2D eigenvalue weighted by atomic mass is 32.2. The van der Waals surface area contributed by atoms with Gasteiger partial charge in [-0.1, -0.05) is 11.8 Å². The van der Waals surface area contributed by atoms with Gasteiger partial charge in [-0.15, -0.1) is 0 Å². The fourth-order valence-electron chi connectivity index (χ4n) is 1.52. The minimum absolute atomic E-state index is 0.00665. The second-order valence-electron chi connectivity index (χ2n) is 4.16. The molecule has 0 aliphatic heterocycles. The number of hydrogen-bond acceptors (Lipinski definition) is 5. The molecule has 0 spiro atoms. The second kappa shape index (κ2) is 6.35. The van der Waals surface area contributed by atoms with E-state index in [1.807, 2.05) is 6.92 Å². The van der Waals surface area contributed by atoms with E-state index in [1.165, 1.54) is 24.7 Å². The second-order valence-corrected chi connectivity index (χ2v) is 5.85. The monoisotopic (exact) mass is 303 g/mol. The third kappa shape index (κ3) is 4.02. The molecule has 21 heavy (non-hydrogen) atoms. The molecule has 2 N–H and O–H groups in total. The van der Waals surface area contributed by atoms with Crippen molar-refractivity contribution in [2.24, 2.45) is 0 Å². The molecule has 0 saturated heterocycles. The summed E-state index contributed by atoms with van der Waals surface area (Å²) < 4.78 is 26.9. The molecule has 0 saturated carbocycles. The molecule has 0 radical (unpaired) electrons. The predicted molar refractivity (Wildman–Crippen MR) is 78.0 cm³/mol. The molecule has 7 heteroatoms. The molecular weight excluding hydrogens is 290 g/mol. The number of hydrogen-bond donors (Lipinski definition) is 2. The highest BCUT2D eigenvalue weighted by molar-refractivity contribution is 7.92. The molecule has 0 fully saturated rings. The Labute approximate surface area is 122 Å². The molecule has 0 aliphatic rings. The fraction of sp³-hybridized carbons (Fsp3) is 0.143. The molecule has 0 amide bonds. The topological polar surface area (TPSA) is 92.2 Å². The van der Waals surface area contributed by atoms with Gasteiger partial charge < -0.3 is 5.11 Å². The van der Waals surface area contributed by atoms with Gasteiger partial charge in [-0.25, -0.2) is 8.42 Å². The van der Waals surface area contributed by atoms with Crippen LogP contribution in [0.5, 0.6) is 0 Å². The van der Waals surface area contributed by atoms with Crippen LogP contribution in [0.15, 0.2) is 41.7 Å². The molecule has 2 aromatic rings. The van der Waals surface area contributed by atoms with Crippen LogP contribution in [0.2, 0.25) is 0 Å². The summed E-state index contributed by atoms with van der Waals surface area (Å²) in [5, 5.41) is 8.64. The molecule has 6 nitrogen and oxygen atoms in total. The van der Waals surface area contributed by atoms with Crippen LogP contribution >= 0.6 is 0 Å². The summed E-state index contributed by atoms with van der Waals surface area (Å²) in [7, 11) is -3.76. The van der Waals surface area contributed by atoms with Crippen molar-refractivity contribution in [1.29, 1.82) is 0 Å². The molecule has 2 aromatic heterocycles. The summed E-state index contributed by atoms with van der Waals surface area (Å²) in [6, 6.07) is 4.72. The molecule has 0 aliphatic carbocycles. The molecule has 0 aromatic carbocycles. The van der Waals surface area contributed by atoms with Crippen molar-refractivity contribution < 1.29 is 13.5 Å². The van der Waals surface area contributed by atoms with Gasteiger partial charge in [0.15, 0.2) is 0 Å². The average molecular weight is 303 g/mol. The molecule has 2 heterocycles. The van der Waals surface area contributed by atoms with Crippen molar-refractivity contribution in [3.8, 4) is 11.8 Å². The highest BCUT2D eigenvalue weighted by Crippen LogP contribution is 2.15. The Hall–Kier alpha value is -2.43. The van der Waals surface area contributed by atoms with Gasteiger partial charge in [0.05, 0.1) is 11.9 Å². The van der Waals surface area contributed by atoms with Crippen LogP contribution in [0.3, 0.4) is 0 Å². The average Bonchev–Trinajstić information content (AvgIpc) is 2.48. The largest absolute Gasteiger partial charge is 0.384 e. The lowest BCUT2D eigenvalue weighted by molar-refractivity contribution is 0.350. The number of nitrogens with zero attached hydrogens (tertiary/aromatic N) is 2. The molecule has 0 bridgehead atoms. The molecule has 0 unspecified atom stereocenters. The fourth-order valence-corrected chi connectivity index (χ4v) is 2.55. The van der Waals surface area contributed by atoms with E-state index in [2.05, 4.69) is 26.5 Å². The maximum atomic E-state index is 12.2. The Morgan fingerprint density at radius 3 is 2.76 bits per heavy atom. The summed E-state index contributed by atoms with van der Waals surface area (Å²) in [6.45, 7) is 1.51. The molecule has 0 atom stereocenters. The Morgan fingerprint density at radius 2 is 2.10 bits per heavy atom. The van der Waals surface area contributed by atoms with Crippen molar-refractivity contribution in [2.45, 2.75) is 11.8 Å². The number of aryl methyl sites for hydroxylation is 1. The zero-order valence-electron chi connectivity index (χ0n) is 11.2. The van der Waals surface area contributed by atoms with Gasteiger partial charge in [-0.05, 0) is 25.1 Å². The lowest BCUT2D eigenvalue weighted by atomic mass is 10.3. The number of sulfonamides is 1. The number of pyridine rings is 2.